The average Bonchev–Trinajstić information content (AvgIpc) is 3.19. The Morgan fingerprint density at radius 3 is 3.09 bits per heavy atom. The predicted octanol–water partition coefficient (Wildman–Crippen LogP) is 1.73. The molecule has 23 heavy (non-hydrogen) atoms. The van der Waals surface area contributed by atoms with Crippen molar-refractivity contribution in [3.8, 4) is 5.69 Å². The molecule has 0 saturated carbocycles. The lowest BCUT2D eigenvalue weighted by atomic mass is 10.1. The average molecular weight is 336 g/mol. The first-order chi connectivity index (χ1) is 10.7. The van der Waals surface area contributed by atoms with Crippen LogP contribution >= 0.6 is 12.4 Å². The lowest BCUT2D eigenvalue weighted by Crippen LogP contribution is -2.26. The van der Waals surface area contributed by atoms with Crippen LogP contribution in [0.1, 0.15) is 28.9 Å². The molecule has 1 aliphatic rings. The maximum Gasteiger partial charge on any atom is 0.273 e. The Morgan fingerprint density at radius 1 is 1.48 bits per heavy atom. The smallest absolute Gasteiger partial charge is 0.273 e. The van der Waals surface area contributed by atoms with Gasteiger partial charge in [0.15, 0.2) is 5.69 Å². The molecule has 1 saturated heterocycles. The molecule has 1 atom stereocenters. The zero-order valence-electron chi connectivity index (χ0n) is 13.2. The summed E-state index contributed by atoms with van der Waals surface area (Å²) in [4.78, 5) is 12.1. The van der Waals surface area contributed by atoms with E-state index in [0.717, 1.165) is 30.8 Å². The molecule has 0 spiro atoms. The second-order valence-corrected chi connectivity index (χ2v) is 5.79. The van der Waals surface area contributed by atoms with Gasteiger partial charge in [-0.3, -0.25) is 4.79 Å². The number of rotatable bonds is 5. The molecule has 0 bridgehead atoms. The van der Waals surface area contributed by atoms with Gasteiger partial charge in [-0.2, -0.15) is 0 Å². The lowest BCUT2D eigenvalue weighted by molar-refractivity contribution is 0.0946. The summed E-state index contributed by atoms with van der Waals surface area (Å²) in [5.41, 5.74) is 2.40. The fraction of sp³-hybridized carbons (Fsp3) is 0.438. The van der Waals surface area contributed by atoms with Crippen molar-refractivity contribution in [2.24, 2.45) is 5.92 Å². The molecular formula is C16H22ClN5O. The van der Waals surface area contributed by atoms with Gasteiger partial charge in [0.1, 0.15) is 0 Å². The summed E-state index contributed by atoms with van der Waals surface area (Å²) in [6.45, 7) is 4.84. The van der Waals surface area contributed by atoms with Crippen LogP contribution in [-0.2, 0) is 0 Å². The standard InChI is InChI=1S/C16H21N5O.ClH/c1-12-3-2-4-14(9-12)21-11-15(19-20-21)16(22)18-8-6-13-5-7-17-10-13;/h2-4,9,11,13,17H,5-8,10H2,1H3,(H,18,22);1H. The van der Waals surface area contributed by atoms with Crippen molar-refractivity contribution in [2.45, 2.75) is 19.8 Å². The fourth-order valence-corrected chi connectivity index (χ4v) is 2.71. The number of carbonyl (C=O) groups excluding carboxylic acids is 1. The van der Waals surface area contributed by atoms with Gasteiger partial charge in [0, 0.05) is 6.54 Å². The van der Waals surface area contributed by atoms with E-state index < -0.39 is 0 Å². The third kappa shape index (κ3) is 4.53. The van der Waals surface area contributed by atoms with Gasteiger partial charge in [0.2, 0.25) is 0 Å². The predicted molar refractivity (Wildman–Crippen MR) is 91.3 cm³/mol. The Kier molecular flexibility index (Phi) is 6.12. The number of nitrogens with one attached hydrogen (secondary N) is 2. The number of amides is 1. The number of aromatic nitrogens is 3. The minimum absolute atomic E-state index is 0. The fourth-order valence-electron chi connectivity index (χ4n) is 2.71. The Hall–Kier alpha value is -1.92. The van der Waals surface area contributed by atoms with Crippen molar-refractivity contribution in [1.29, 1.82) is 0 Å². The summed E-state index contributed by atoms with van der Waals surface area (Å²) in [5, 5.41) is 14.2. The topological polar surface area (TPSA) is 71.8 Å². The van der Waals surface area contributed by atoms with Crippen LogP contribution in [0, 0.1) is 12.8 Å². The van der Waals surface area contributed by atoms with Crippen LogP contribution in [0.4, 0.5) is 0 Å². The molecule has 0 aliphatic carbocycles. The molecule has 1 amide bonds. The number of nitrogens with zero attached hydrogens (tertiary/aromatic N) is 3. The molecule has 2 N–H and O–H groups in total. The van der Waals surface area contributed by atoms with Crippen molar-refractivity contribution in [3.05, 3.63) is 41.7 Å². The molecule has 6 nitrogen and oxygen atoms in total. The third-order valence-corrected chi connectivity index (χ3v) is 3.99. The SMILES string of the molecule is Cc1cccc(-n2cc(C(=O)NCCC3CCNC3)nn2)c1.Cl. The summed E-state index contributed by atoms with van der Waals surface area (Å²) in [6.07, 6.45) is 3.87. The van der Waals surface area contributed by atoms with Crippen LogP contribution in [0.3, 0.4) is 0 Å². The van der Waals surface area contributed by atoms with Crippen LogP contribution in [0.2, 0.25) is 0 Å². The Morgan fingerprint density at radius 2 is 2.35 bits per heavy atom. The molecule has 1 aliphatic heterocycles. The van der Waals surface area contributed by atoms with E-state index in [4.69, 9.17) is 0 Å². The Balaban J connectivity index is 0.00000192. The van der Waals surface area contributed by atoms with Gasteiger partial charge >= 0.3 is 0 Å². The molecular weight excluding hydrogens is 314 g/mol. The van der Waals surface area contributed by atoms with Gasteiger partial charge in [-0.15, -0.1) is 17.5 Å². The van der Waals surface area contributed by atoms with E-state index in [-0.39, 0.29) is 18.3 Å². The Bertz CT molecular complexity index is 651. The molecule has 124 valence electrons. The maximum atomic E-state index is 12.1. The lowest BCUT2D eigenvalue weighted by Gasteiger charge is -2.08. The minimum atomic E-state index is -0.162. The van der Waals surface area contributed by atoms with Crippen LogP contribution in [0.5, 0.6) is 0 Å². The van der Waals surface area contributed by atoms with Crippen molar-refractivity contribution < 1.29 is 4.79 Å². The number of carbonyl (C=O) groups is 1. The molecule has 0 radical (unpaired) electrons. The number of hydrogen-bond acceptors (Lipinski definition) is 4. The first-order valence-corrected chi connectivity index (χ1v) is 7.70. The van der Waals surface area contributed by atoms with E-state index in [0.29, 0.717) is 18.2 Å². The summed E-state index contributed by atoms with van der Waals surface area (Å²) < 4.78 is 1.63. The molecule has 1 aromatic carbocycles. The van der Waals surface area contributed by atoms with Crippen LogP contribution in [0.15, 0.2) is 30.5 Å². The number of halogens is 1. The monoisotopic (exact) mass is 335 g/mol. The molecule has 1 unspecified atom stereocenters. The van der Waals surface area contributed by atoms with E-state index in [2.05, 4.69) is 20.9 Å². The first kappa shape index (κ1) is 17.4. The minimum Gasteiger partial charge on any atom is -0.351 e. The molecule has 1 fully saturated rings. The quantitative estimate of drug-likeness (QED) is 0.873. The van der Waals surface area contributed by atoms with Crippen molar-refractivity contribution in [3.63, 3.8) is 0 Å². The van der Waals surface area contributed by atoms with Gasteiger partial charge in [0.05, 0.1) is 11.9 Å². The van der Waals surface area contributed by atoms with Gasteiger partial charge in [-0.05, 0) is 56.5 Å². The summed E-state index contributed by atoms with van der Waals surface area (Å²) in [7, 11) is 0. The normalized spacial score (nSPS) is 16.8. The zero-order chi connectivity index (χ0) is 15.4. The highest BCUT2D eigenvalue weighted by Crippen LogP contribution is 2.11. The number of aryl methyl sites for hydroxylation is 1. The van der Waals surface area contributed by atoms with E-state index in [1.54, 1.807) is 10.9 Å². The molecule has 3 rings (SSSR count). The van der Waals surface area contributed by atoms with Crippen molar-refractivity contribution in [1.82, 2.24) is 25.6 Å². The van der Waals surface area contributed by atoms with Gasteiger partial charge in [0.25, 0.3) is 5.91 Å². The van der Waals surface area contributed by atoms with E-state index in [1.807, 2.05) is 31.2 Å². The number of hydrogen-bond donors (Lipinski definition) is 2. The summed E-state index contributed by atoms with van der Waals surface area (Å²) >= 11 is 0. The number of benzene rings is 1. The summed E-state index contributed by atoms with van der Waals surface area (Å²) in [5.74, 6) is 0.508. The second kappa shape index (κ2) is 8.08. The summed E-state index contributed by atoms with van der Waals surface area (Å²) in [6, 6.07) is 7.92. The molecule has 2 heterocycles. The Labute approximate surface area is 142 Å². The first-order valence-electron chi connectivity index (χ1n) is 7.70. The van der Waals surface area contributed by atoms with Gasteiger partial charge in [-0.1, -0.05) is 17.3 Å². The van der Waals surface area contributed by atoms with Crippen LogP contribution in [0.25, 0.3) is 5.69 Å². The zero-order valence-corrected chi connectivity index (χ0v) is 14.0. The highest BCUT2D eigenvalue weighted by molar-refractivity contribution is 5.91. The van der Waals surface area contributed by atoms with Crippen LogP contribution in [-0.4, -0.2) is 40.5 Å². The third-order valence-electron chi connectivity index (χ3n) is 3.99. The maximum absolute atomic E-state index is 12.1. The van der Waals surface area contributed by atoms with Crippen molar-refractivity contribution >= 4 is 18.3 Å². The van der Waals surface area contributed by atoms with Crippen molar-refractivity contribution in [2.75, 3.05) is 19.6 Å². The van der Waals surface area contributed by atoms with E-state index in [9.17, 15) is 4.79 Å². The largest absolute Gasteiger partial charge is 0.351 e. The molecule has 2 aromatic rings. The van der Waals surface area contributed by atoms with E-state index in [1.165, 1.54) is 6.42 Å². The molecule has 1 aromatic heterocycles. The highest BCUT2D eigenvalue weighted by atomic mass is 35.5. The molecule has 7 heteroatoms. The van der Waals surface area contributed by atoms with Gasteiger partial charge < -0.3 is 10.6 Å². The van der Waals surface area contributed by atoms with Crippen LogP contribution < -0.4 is 10.6 Å². The van der Waals surface area contributed by atoms with Gasteiger partial charge in [-0.25, -0.2) is 4.68 Å². The van der Waals surface area contributed by atoms with E-state index >= 15 is 0 Å². The second-order valence-electron chi connectivity index (χ2n) is 5.79. The highest BCUT2D eigenvalue weighted by Gasteiger charge is 2.15.